The molecule has 3 aromatic rings. The molecule has 1 aromatic heterocycles. The van der Waals surface area contributed by atoms with Crippen molar-refractivity contribution in [2.45, 2.75) is 13.5 Å². The van der Waals surface area contributed by atoms with Gasteiger partial charge in [-0.3, -0.25) is 9.59 Å². The molecular formula is C21H22N2O6S. The molecule has 0 saturated carbocycles. The summed E-state index contributed by atoms with van der Waals surface area (Å²) in [4.78, 5) is 28.8. The van der Waals surface area contributed by atoms with E-state index in [0.29, 0.717) is 22.9 Å². The summed E-state index contributed by atoms with van der Waals surface area (Å²) in [6.45, 7) is 2.18. The zero-order valence-corrected chi connectivity index (χ0v) is 17.7. The van der Waals surface area contributed by atoms with Gasteiger partial charge < -0.3 is 23.5 Å². The van der Waals surface area contributed by atoms with Gasteiger partial charge in [-0.15, -0.1) is 0 Å². The molecule has 1 amide bonds. The zero-order chi connectivity index (χ0) is 21.5. The van der Waals surface area contributed by atoms with Crippen LogP contribution in [0.3, 0.4) is 0 Å². The molecule has 1 heterocycles. The third kappa shape index (κ3) is 5.18. The summed E-state index contributed by atoms with van der Waals surface area (Å²) in [6.07, 6.45) is 0. The molecule has 0 bridgehead atoms. The summed E-state index contributed by atoms with van der Waals surface area (Å²) in [5.41, 5.74) is 0.755. The normalized spacial score (nSPS) is 11.4. The number of aromatic nitrogens is 1. The van der Waals surface area contributed by atoms with Gasteiger partial charge >= 0.3 is 5.97 Å². The number of nitrogens with zero attached hydrogens (tertiary/aromatic N) is 2. The first-order valence-electron chi connectivity index (χ1n) is 9.21. The van der Waals surface area contributed by atoms with Crippen molar-refractivity contribution in [1.82, 2.24) is 4.57 Å². The van der Waals surface area contributed by atoms with E-state index in [1.54, 1.807) is 42.0 Å². The van der Waals surface area contributed by atoms with Gasteiger partial charge in [0.25, 0.3) is 5.91 Å². The fraction of sp³-hybridized carbons (Fsp3) is 0.286. The lowest BCUT2D eigenvalue weighted by Crippen LogP contribution is -2.23. The first-order valence-corrected chi connectivity index (χ1v) is 10.0. The molecule has 0 fully saturated rings. The van der Waals surface area contributed by atoms with E-state index in [-0.39, 0.29) is 13.2 Å². The Labute approximate surface area is 177 Å². The fourth-order valence-corrected chi connectivity index (χ4v) is 3.77. The Hall–Kier alpha value is -3.33. The summed E-state index contributed by atoms with van der Waals surface area (Å²) in [6, 6.07) is 12.4. The van der Waals surface area contributed by atoms with Crippen LogP contribution in [0.4, 0.5) is 0 Å². The van der Waals surface area contributed by atoms with Crippen LogP contribution in [0.5, 0.6) is 17.2 Å². The average Bonchev–Trinajstić information content (AvgIpc) is 3.09. The van der Waals surface area contributed by atoms with E-state index in [1.165, 1.54) is 18.4 Å². The minimum absolute atomic E-state index is 0.0608. The zero-order valence-electron chi connectivity index (χ0n) is 16.9. The summed E-state index contributed by atoms with van der Waals surface area (Å²) >= 11 is 1.28. The largest absolute Gasteiger partial charge is 0.497 e. The highest BCUT2D eigenvalue weighted by Crippen LogP contribution is 2.23. The van der Waals surface area contributed by atoms with E-state index in [4.69, 9.17) is 18.9 Å². The van der Waals surface area contributed by atoms with Gasteiger partial charge in [0, 0.05) is 0 Å². The standard InChI is InChI=1S/C21H22N2O6S/c1-4-28-14-5-7-15(8-6-14)29-13-19(24)22-21-23(12-20(25)27-3)17-10-9-16(26-2)11-18(17)30-21/h5-11H,4,12-13H2,1-3H3. The van der Waals surface area contributed by atoms with Gasteiger partial charge in [0.1, 0.15) is 23.8 Å². The van der Waals surface area contributed by atoms with Crippen molar-refractivity contribution in [3.8, 4) is 17.2 Å². The van der Waals surface area contributed by atoms with Crippen molar-refractivity contribution in [2.75, 3.05) is 27.4 Å². The van der Waals surface area contributed by atoms with Crippen molar-refractivity contribution in [3.05, 3.63) is 47.3 Å². The second-order valence-electron chi connectivity index (χ2n) is 6.08. The highest BCUT2D eigenvalue weighted by atomic mass is 32.1. The van der Waals surface area contributed by atoms with E-state index >= 15 is 0 Å². The van der Waals surface area contributed by atoms with Crippen LogP contribution in [0, 0.1) is 0 Å². The van der Waals surface area contributed by atoms with Gasteiger partial charge in [-0.2, -0.15) is 4.99 Å². The van der Waals surface area contributed by atoms with E-state index in [2.05, 4.69) is 4.99 Å². The monoisotopic (exact) mass is 430 g/mol. The number of benzene rings is 2. The quantitative estimate of drug-likeness (QED) is 0.511. The summed E-state index contributed by atoms with van der Waals surface area (Å²) in [5, 5.41) is 0. The first kappa shape index (κ1) is 21.4. The van der Waals surface area contributed by atoms with Crippen LogP contribution in [0.25, 0.3) is 10.2 Å². The lowest BCUT2D eigenvalue weighted by atomic mass is 10.3. The van der Waals surface area contributed by atoms with E-state index in [0.717, 1.165) is 16.0 Å². The van der Waals surface area contributed by atoms with Crippen LogP contribution >= 0.6 is 11.3 Å². The molecule has 9 heteroatoms. The highest BCUT2D eigenvalue weighted by Gasteiger charge is 2.13. The Morgan fingerprint density at radius 2 is 1.67 bits per heavy atom. The van der Waals surface area contributed by atoms with Crippen molar-refractivity contribution in [1.29, 1.82) is 0 Å². The summed E-state index contributed by atoms with van der Waals surface area (Å²) in [7, 11) is 2.89. The van der Waals surface area contributed by atoms with Crippen molar-refractivity contribution < 1.29 is 28.5 Å². The Balaban J connectivity index is 1.83. The second kappa shape index (κ2) is 9.93. The van der Waals surface area contributed by atoms with Crippen molar-refractivity contribution >= 4 is 33.4 Å². The molecule has 2 aromatic carbocycles. The van der Waals surface area contributed by atoms with Crippen LogP contribution in [0.2, 0.25) is 0 Å². The van der Waals surface area contributed by atoms with Gasteiger partial charge in [-0.1, -0.05) is 11.3 Å². The molecule has 8 nitrogen and oxygen atoms in total. The average molecular weight is 430 g/mol. The number of amides is 1. The SMILES string of the molecule is CCOc1ccc(OCC(=O)N=c2sc3cc(OC)ccc3n2CC(=O)OC)cc1. The van der Waals surface area contributed by atoms with E-state index in [1.807, 2.05) is 19.1 Å². The highest BCUT2D eigenvalue weighted by molar-refractivity contribution is 7.16. The molecular weight excluding hydrogens is 408 g/mol. The minimum atomic E-state index is -0.471. The molecule has 0 saturated heterocycles. The molecule has 0 spiro atoms. The minimum Gasteiger partial charge on any atom is -0.497 e. The summed E-state index contributed by atoms with van der Waals surface area (Å²) < 4.78 is 23.4. The van der Waals surface area contributed by atoms with Gasteiger partial charge in [0.2, 0.25) is 0 Å². The number of ether oxygens (including phenoxy) is 4. The molecule has 3 rings (SSSR count). The third-order valence-electron chi connectivity index (χ3n) is 4.12. The van der Waals surface area contributed by atoms with Crippen LogP contribution in [-0.4, -0.2) is 43.9 Å². The second-order valence-corrected chi connectivity index (χ2v) is 7.09. The van der Waals surface area contributed by atoms with Crippen LogP contribution in [0.1, 0.15) is 6.92 Å². The van der Waals surface area contributed by atoms with Gasteiger partial charge in [0.05, 0.1) is 31.0 Å². The third-order valence-corrected chi connectivity index (χ3v) is 5.16. The number of methoxy groups -OCH3 is 2. The molecule has 0 aliphatic rings. The smallest absolute Gasteiger partial charge is 0.325 e. The van der Waals surface area contributed by atoms with E-state index < -0.39 is 11.9 Å². The predicted octanol–water partition coefficient (Wildman–Crippen LogP) is 2.79. The Bertz CT molecular complexity index is 1100. The molecule has 158 valence electrons. The molecule has 0 atom stereocenters. The van der Waals surface area contributed by atoms with Gasteiger partial charge in [0.15, 0.2) is 11.4 Å². The molecule has 0 aliphatic heterocycles. The predicted molar refractivity (Wildman–Crippen MR) is 112 cm³/mol. The molecule has 0 radical (unpaired) electrons. The number of fused-ring (bicyclic) bond motifs is 1. The number of esters is 1. The number of carbonyl (C=O) groups excluding carboxylic acids is 2. The van der Waals surface area contributed by atoms with Crippen molar-refractivity contribution in [2.24, 2.45) is 4.99 Å². The molecule has 30 heavy (non-hydrogen) atoms. The number of thiazole rings is 1. The summed E-state index contributed by atoms with van der Waals surface area (Å²) in [5.74, 6) is 1.02. The Kier molecular flexibility index (Phi) is 7.08. The Morgan fingerprint density at radius 1 is 1.00 bits per heavy atom. The molecule has 0 N–H and O–H groups in total. The molecule has 0 aliphatic carbocycles. The maximum Gasteiger partial charge on any atom is 0.325 e. The number of hydrogen-bond acceptors (Lipinski definition) is 7. The Morgan fingerprint density at radius 3 is 2.30 bits per heavy atom. The number of rotatable bonds is 8. The topological polar surface area (TPSA) is 88.4 Å². The van der Waals surface area contributed by atoms with Gasteiger partial charge in [-0.25, -0.2) is 0 Å². The van der Waals surface area contributed by atoms with Crippen LogP contribution in [0.15, 0.2) is 47.5 Å². The fourth-order valence-electron chi connectivity index (χ4n) is 2.70. The lowest BCUT2D eigenvalue weighted by molar-refractivity contribution is -0.141. The number of carbonyl (C=O) groups is 2. The maximum absolute atomic E-state index is 12.4. The van der Waals surface area contributed by atoms with Crippen LogP contribution < -0.4 is 19.0 Å². The van der Waals surface area contributed by atoms with Gasteiger partial charge in [-0.05, 0) is 49.4 Å². The van der Waals surface area contributed by atoms with E-state index in [9.17, 15) is 9.59 Å². The number of hydrogen-bond donors (Lipinski definition) is 0. The van der Waals surface area contributed by atoms with Crippen molar-refractivity contribution in [3.63, 3.8) is 0 Å². The maximum atomic E-state index is 12.4. The lowest BCUT2D eigenvalue weighted by Gasteiger charge is -2.06. The first-order chi connectivity index (χ1) is 14.5. The van der Waals surface area contributed by atoms with Crippen LogP contribution in [-0.2, 0) is 20.9 Å². The molecule has 0 unspecified atom stereocenters.